The lowest BCUT2D eigenvalue weighted by Gasteiger charge is -2.61. The molecule has 0 heterocycles. The SMILES string of the molecule is CC.CC.CC12CCC3C(C(O)CC4CCCCC43C)C1CCC2=O. The lowest BCUT2D eigenvalue weighted by molar-refractivity contribution is -0.163. The van der Waals surface area contributed by atoms with E-state index in [0.29, 0.717) is 29.0 Å². The molecule has 7 atom stereocenters. The van der Waals surface area contributed by atoms with Crippen LogP contribution in [0.3, 0.4) is 0 Å². The highest BCUT2D eigenvalue weighted by Gasteiger charge is 2.61. The maximum absolute atomic E-state index is 12.4. The molecule has 0 radical (unpaired) electrons. The lowest BCUT2D eigenvalue weighted by atomic mass is 9.44. The van der Waals surface area contributed by atoms with Crippen LogP contribution in [0.1, 0.15) is 99.3 Å². The molecule has 4 rings (SSSR count). The van der Waals surface area contributed by atoms with Gasteiger partial charge >= 0.3 is 0 Å². The van der Waals surface area contributed by atoms with E-state index in [1.165, 1.54) is 32.1 Å². The van der Waals surface area contributed by atoms with Gasteiger partial charge in [0.25, 0.3) is 0 Å². The van der Waals surface area contributed by atoms with Crippen LogP contribution in [0, 0.1) is 34.5 Å². The molecule has 0 aromatic rings. The molecule has 0 bridgehead atoms. The Morgan fingerprint density at radius 1 is 0.920 bits per heavy atom. The summed E-state index contributed by atoms with van der Waals surface area (Å²) in [5, 5.41) is 10.9. The second kappa shape index (κ2) is 8.11. The molecule has 4 saturated carbocycles. The van der Waals surface area contributed by atoms with Crippen molar-refractivity contribution in [3.63, 3.8) is 0 Å². The van der Waals surface area contributed by atoms with Crippen molar-refractivity contribution in [1.29, 1.82) is 0 Å². The monoisotopic (exact) mass is 350 g/mol. The predicted octanol–water partition coefficient (Wildman–Crippen LogP) is 6.01. The van der Waals surface area contributed by atoms with Gasteiger partial charge in [-0.1, -0.05) is 54.4 Å². The molecule has 0 spiro atoms. The molecular formula is C23H42O2. The summed E-state index contributed by atoms with van der Waals surface area (Å²) in [5.74, 6) is 2.72. The van der Waals surface area contributed by atoms with Gasteiger partial charge in [-0.3, -0.25) is 4.79 Å². The second-order valence-electron chi connectivity index (χ2n) is 8.96. The van der Waals surface area contributed by atoms with Crippen molar-refractivity contribution in [3.05, 3.63) is 0 Å². The smallest absolute Gasteiger partial charge is 0.139 e. The van der Waals surface area contributed by atoms with Gasteiger partial charge in [0.15, 0.2) is 0 Å². The molecule has 0 aromatic carbocycles. The molecule has 2 nitrogen and oxygen atoms in total. The van der Waals surface area contributed by atoms with Gasteiger partial charge in [-0.25, -0.2) is 0 Å². The number of hydrogen-bond acceptors (Lipinski definition) is 2. The van der Waals surface area contributed by atoms with Gasteiger partial charge in [0.2, 0.25) is 0 Å². The van der Waals surface area contributed by atoms with Crippen LogP contribution in [0.15, 0.2) is 0 Å². The first kappa shape index (κ1) is 20.9. The van der Waals surface area contributed by atoms with Gasteiger partial charge in [0, 0.05) is 11.8 Å². The highest BCUT2D eigenvalue weighted by Crippen LogP contribution is 2.65. The van der Waals surface area contributed by atoms with Crippen molar-refractivity contribution < 1.29 is 9.90 Å². The molecule has 7 unspecified atom stereocenters. The van der Waals surface area contributed by atoms with E-state index in [1.54, 1.807) is 0 Å². The van der Waals surface area contributed by atoms with Gasteiger partial charge in [0.05, 0.1) is 6.10 Å². The molecule has 1 N–H and O–H groups in total. The van der Waals surface area contributed by atoms with Crippen LogP contribution in [0.5, 0.6) is 0 Å². The Morgan fingerprint density at radius 2 is 1.60 bits per heavy atom. The average Bonchev–Trinajstić information content (AvgIpc) is 2.94. The number of hydrogen-bond donors (Lipinski definition) is 1. The van der Waals surface area contributed by atoms with Crippen LogP contribution in [0.2, 0.25) is 0 Å². The van der Waals surface area contributed by atoms with E-state index in [4.69, 9.17) is 0 Å². The van der Waals surface area contributed by atoms with E-state index < -0.39 is 0 Å². The molecule has 0 saturated heterocycles. The minimum atomic E-state index is -0.151. The molecular weight excluding hydrogens is 308 g/mol. The van der Waals surface area contributed by atoms with E-state index >= 15 is 0 Å². The largest absolute Gasteiger partial charge is 0.393 e. The number of aliphatic hydroxyl groups excluding tert-OH is 1. The minimum absolute atomic E-state index is 0.111. The fraction of sp³-hybridized carbons (Fsp3) is 0.957. The summed E-state index contributed by atoms with van der Waals surface area (Å²) in [5.41, 5.74) is 0.328. The number of Topliss-reactive ketones (excluding diaryl/α,β-unsaturated/α-hetero) is 1. The summed E-state index contributed by atoms with van der Waals surface area (Å²) in [7, 11) is 0. The molecule has 0 aliphatic heterocycles. The van der Waals surface area contributed by atoms with Crippen molar-refractivity contribution in [1.82, 2.24) is 0 Å². The Labute approximate surface area is 156 Å². The summed E-state index contributed by atoms with van der Waals surface area (Å²) >= 11 is 0. The van der Waals surface area contributed by atoms with Crippen LogP contribution in [0.25, 0.3) is 0 Å². The van der Waals surface area contributed by atoms with Crippen molar-refractivity contribution in [3.8, 4) is 0 Å². The molecule has 2 heteroatoms. The Bertz CT molecular complexity index is 459. The second-order valence-corrected chi connectivity index (χ2v) is 8.96. The van der Waals surface area contributed by atoms with E-state index in [9.17, 15) is 9.90 Å². The fourth-order valence-electron chi connectivity index (χ4n) is 7.03. The third kappa shape index (κ3) is 3.22. The first-order valence-electron chi connectivity index (χ1n) is 11.2. The van der Waals surface area contributed by atoms with E-state index in [0.717, 1.165) is 31.6 Å². The van der Waals surface area contributed by atoms with Crippen molar-refractivity contribution in [2.45, 2.75) is 105 Å². The first-order chi connectivity index (χ1) is 12.0. The van der Waals surface area contributed by atoms with Crippen LogP contribution < -0.4 is 0 Å². The van der Waals surface area contributed by atoms with Gasteiger partial charge in [-0.15, -0.1) is 0 Å². The third-order valence-electron chi connectivity index (χ3n) is 8.31. The van der Waals surface area contributed by atoms with Gasteiger partial charge in [0.1, 0.15) is 5.78 Å². The Balaban J connectivity index is 0.000000528. The van der Waals surface area contributed by atoms with Crippen LogP contribution in [0.4, 0.5) is 0 Å². The Morgan fingerprint density at radius 3 is 2.28 bits per heavy atom. The van der Waals surface area contributed by atoms with Gasteiger partial charge < -0.3 is 5.11 Å². The zero-order chi connectivity index (χ0) is 18.8. The van der Waals surface area contributed by atoms with Crippen LogP contribution in [-0.2, 0) is 4.79 Å². The maximum Gasteiger partial charge on any atom is 0.139 e. The number of ketones is 1. The third-order valence-corrected chi connectivity index (χ3v) is 8.31. The van der Waals surface area contributed by atoms with E-state index in [-0.39, 0.29) is 11.5 Å². The van der Waals surface area contributed by atoms with Crippen molar-refractivity contribution in [2.24, 2.45) is 34.5 Å². The normalized spacial score (nSPS) is 48.0. The van der Waals surface area contributed by atoms with E-state index in [2.05, 4.69) is 13.8 Å². The molecule has 146 valence electrons. The Kier molecular flexibility index (Phi) is 6.79. The number of aliphatic hydroxyl groups is 1. The average molecular weight is 351 g/mol. The standard InChI is InChI=1S/C19H30O2.2C2H6/c1-18-9-4-3-5-12(18)11-15(20)17-13-6-7-16(21)19(13,2)10-8-14(17)18;2*1-2/h12-15,17,20H,3-11H2,1-2H3;2*1-2H3. The minimum Gasteiger partial charge on any atom is -0.393 e. The van der Waals surface area contributed by atoms with Crippen LogP contribution >= 0.6 is 0 Å². The zero-order valence-corrected chi connectivity index (χ0v) is 17.6. The predicted molar refractivity (Wildman–Crippen MR) is 105 cm³/mol. The first-order valence-corrected chi connectivity index (χ1v) is 11.2. The van der Waals surface area contributed by atoms with Crippen molar-refractivity contribution >= 4 is 5.78 Å². The molecule has 25 heavy (non-hydrogen) atoms. The van der Waals surface area contributed by atoms with Gasteiger partial charge in [-0.2, -0.15) is 0 Å². The number of rotatable bonds is 0. The molecule has 4 aliphatic rings. The molecule has 0 aromatic heterocycles. The number of carbonyl (C=O) groups excluding carboxylic acids is 1. The summed E-state index contributed by atoms with van der Waals surface area (Å²) in [6.45, 7) is 12.7. The maximum atomic E-state index is 12.4. The fourth-order valence-corrected chi connectivity index (χ4v) is 7.03. The Hall–Kier alpha value is -0.370. The summed E-state index contributed by atoms with van der Waals surface area (Å²) in [6.07, 6.45) is 10.3. The summed E-state index contributed by atoms with van der Waals surface area (Å²) in [4.78, 5) is 12.4. The highest BCUT2D eigenvalue weighted by atomic mass is 16.3. The number of fused-ring (bicyclic) bond motifs is 5. The summed E-state index contributed by atoms with van der Waals surface area (Å²) < 4.78 is 0. The van der Waals surface area contributed by atoms with E-state index in [1.807, 2.05) is 27.7 Å². The number of carbonyl (C=O) groups is 1. The zero-order valence-electron chi connectivity index (χ0n) is 17.6. The van der Waals surface area contributed by atoms with Crippen molar-refractivity contribution in [2.75, 3.05) is 0 Å². The molecule has 4 fully saturated rings. The highest BCUT2D eigenvalue weighted by molar-refractivity contribution is 5.87. The topological polar surface area (TPSA) is 37.3 Å². The quantitative estimate of drug-likeness (QED) is 0.580. The molecule has 0 amide bonds. The van der Waals surface area contributed by atoms with Crippen LogP contribution in [-0.4, -0.2) is 17.0 Å². The molecule has 4 aliphatic carbocycles. The summed E-state index contributed by atoms with van der Waals surface area (Å²) in [6, 6.07) is 0. The van der Waals surface area contributed by atoms with Gasteiger partial charge in [-0.05, 0) is 67.6 Å². The lowest BCUT2D eigenvalue weighted by Crippen LogP contribution is -2.57.